The molecule has 0 aromatic rings. The second-order valence-corrected chi connectivity index (χ2v) is 0.758. The lowest BCUT2D eigenvalue weighted by molar-refractivity contribution is 0.405. The van der Waals surface area contributed by atoms with Gasteiger partial charge in [-0.15, -0.1) is 34.6 Å². The highest BCUT2D eigenvalue weighted by Gasteiger charge is 1.93. The van der Waals surface area contributed by atoms with Gasteiger partial charge in [0.2, 0.25) is 0 Å². The number of rotatable bonds is 0. The van der Waals surface area contributed by atoms with Crippen LogP contribution in [0.15, 0.2) is 0 Å². The molecular weight excluding hydrogens is 150 g/mol. The van der Waals surface area contributed by atoms with E-state index in [0.29, 0.717) is 0 Å². The van der Waals surface area contributed by atoms with E-state index in [2.05, 4.69) is 0 Å². The van der Waals surface area contributed by atoms with E-state index in [1.54, 1.807) is 0 Å². The smallest absolute Gasteiger partial charge is 0.147 e. The van der Waals surface area contributed by atoms with Gasteiger partial charge in [0.1, 0.15) is 0 Å². The zero-order valence-corrected chi connectivity index (χ0v) is 5.09. The fraction of sp³-hybridized carbons (Fsp3) is 0. The third-order valence-corrected chi connectivity index (χ3v) is 0. The maximum Gasteiger partial charge on any atom is 0.692 e. The minimum Gasteiger partial charge on any atom is -0.147 e. The predicted molar refractivity (Wildman–Crippen MR) is 26.5 cm³/mol. The van der Waals surface area contributed by atoms with Gasteiger partial charge < -0.3 is 0 Å². The molecule has 40 valence electrons. The Hall–Kier alpha value is 0.600. The van der Waals surface area contributed by atoms with E-state index in [9.17, 15) is 0 Å². The highest BCUT2D eigenvalue weighted by molar-refractivity contribution is 7.30. The summed E-state index contributed by atoms with van der Waals surface area (Å²) in [6.07, 6.45) is 0. The summed E-state index contributed by atoms with van der Waals surface area (Å²) >= 11 is 0. The van der Waals surface area contributed by atoms with Crippen molar-refractivity contribution >= 4 is 33.1 Å². The molecule has 0 spiro atoms. The summed E-state index contributed by atoms with van der Waals surface area (Å²) in [4.78, 5) is 14.2. The van der Waals surface area contributed by atoms with E-state index < -0.39 is 8.25 Å². The first-order chi connectivity index (χ1) is 1.73. The Bertz CT molecular complexity index is 31.8. The van der Waals surface area contributed by atoms with E-state index in [-0.39, 0.29) is 24.8 Å². The summed E-state index contributed by atoms with van der Waals surface area (Å²) < 4.78 is 8.70. The fourth-order valence-electron chi connectivity index (χ4n) is 0. The molecule has 0 amide bonds. The lowest BCUT2D eigenvalue weighted by atomic mass is 15.8. The molecule has 2 N–H and O–H groups in total. The number of hydrogen-bond donors (Lipinski definition) is 2. The molecule has 0 unspecified atom stereocenters. The number of halogens is 2. The maximum absolute atomic E-state index is 8.70. The van der Waals surface area contributed by atoms with Gasteiger partial charge in [-0.25, -0.2) is 0 Å². The van der Waals surface area contributed by atoms with Gasteiger partial charge >= 0.3 is 8.25 Å². The van der Waals surface area contributed by atoms with Gasteiger partial charge in [0.15, 0.2) is 0 Å². The Kier molecular flexibility index (Phi) is 24.3. The second-order valence-electron chi connectivity index (χ2n) is 0.253. The van der Waals surface area contributed by atoms with Crippen LogP contribution in [-0.2, 0) is 4.57 Å². The standard InChI is InChI=1S/2ClH.HO3P/c;;1-4(2)3/h2*1H;(H-,1,2,3)/p+1. The van der Waals surface area contributed by atoms with Crippen LogP contribution in [0.4, 0.5) is 0 Å². The van der Waals surface area contributed by atoms with Crippen molar-refractivity contribution in [3.05, 3.63) is 0 Å². The van der Waals surface area contributed by atoms with Crippen molar-refractivity contribution in [3.63, 3.8) is 0 Å². The first kappa shape index (κ1) is 16.0. The van der Waals surface area contributed by atoms with Crippen LogP contribution in [0.2, 0.25) is 0 Å². The zero-order chi connectivity index (χ0) is 3.58. The van der Waals surface area contributed by atoms with Crippen LogP contribution in [0.5, 0.6) is 0 Å². The fourth-order valence-corrected chi connectivity index (χ4v) is 0. The number of hydrogen-bond acceptors (Lipinski definition) is 1. The molecule has 0 aromatic heterocycles. The van der Waals surface area contributed by atoms with Crippen molar-refractivity contribution < 1.29 is 14.4 Å². The molecule has 0 rings (SSSR count). The average Bonchev–Trinajstić information content (AvgIpc) is 0.811. The molecular formula is H4Cl2O3P+. The molecule has 0 aliphatic rings. The highest BCUT2D eigenvalue weighted by atomic mass is 35.5. The van der Waals surface area contributed by atoms with Crippen molar-refractivity contribution in [1.82, 2.24) is 0 Å². The minimum atomic E-state index is -2.87. The van der Waals surface area contributed by atoms with Crippen molar-refractivity contribution in [3.8, 4) is 0 Å². The van der Waals surface area contributed by atoms with Crippen LogP contribution in [0.3, 0.4) is 0 Å². The van der Waals surface area contributed by atoms with Crippen molar-refractivity contribution in [2.45, 2.75) is 0 Å². The lowest BCUT2D eigenvalue weighted by Gasteiger charge is -1.34. The first-order valence-electron chi connectivity index (χ1n) is 0.583. The van der Waals surface area contributed by atoms with Crippen LogP contribution in [0.25, 0.3) is 0 Å². The van der Waals surface area contributed by atoms with Gasteiger partial charge in [0, 0.05) is 4.57 Å². The molecule has 0 saturated carbocycles. The molecule has 0 radical (unpaired) electrons. The van der Waals surface area contributed by atoms with Crippen molar-refractivity contribution in [2.24, 2.45) is 0 Å². The summed E-state index contributed by atoms with van der Waals surface area (Å²) in [6, 6.07) is 0. The van der Waals surface area contributed by atoms with E-state index in [0.717, 1.165) is 0 Å². The summed E-state index contributed by atoms with van der Waals surface area (Å²) in [6.45, 7) is 0. The van der Waals surface area contributed by atoms with Crippen molar-refractivity contribution in [1.29, 1.82) is 0 Å². The molecule has 6 heteroatoms. The Balaban J connectivity index is -0.0000000450. The molecule has 6 heavy (non-hydrogen) atoms. The van der Waals surface area contributed by atoms with E-state index in [4.69, 9.17) is 14.4 Å². The topological polar surface area (TPSA) is 57.5 Å². The Morgan fingerprint density at radius 2 is 1.17 bits per heavy atom. The maximum atomic E-state index is 8.70. The largest absolute Gasteiger partial charge is 0.692 e. The van der Waals surface area contributed by atoms with Gasteiger partial charge in [0.25, 0.3) is 0 Å². The second kappa shape index (κ2) is 9.14. The van der Waals surface area contributed by atoms with E-state index >= 15 is 0 Å². The summed E-state index contributed by atoms with van der Waals surface area (Å²) in [5, 5.41) is 0. The van der Waals surface area contributed by atoms with Gasteiger partial charge in [-0.05, 0) is 0 Å². The van der Waals surface area contributed by atoms with E-state index in [1.807, 2.05) is 0 Å². The zero-order valence-electron chi connectivity index (χ0n) is 2.57. The summed E-state index contributed by atoms with van der Waals surface area (Å²) in [5.41, 5.74) is 0. The Labute approximate surface area is 48.1 Å². The molecule has 0 heterocycles. The molecule has 0 aliphatic carbocycles. The summed E-state index contributed by atoms with van der Waals surface area (Å²) in [7, 11) is -2.87. The van der Waals surface area contributed by atoms with Crippen molar-refractivity contribution in [2.75, 3.05) is 0 Å². The summed E-state index contributed by atoms with van der Waals surface area (Å²) in [5.74, 6) is 0. The third kappa shape index (κ3) is 166. The van der Waals surface area contributed by atoms with Gasteiger partial charge in [-0.1, -0.05) is 0 Å². The lowest BCUT2D eigenvalue weighted by Crippen LogP contribution is -1.38. The molecule has 0 aliphatic heterocycles. The minimum absolute atomic E-state index is 0. The van der Waals surface area contributed by atoms with Gasteiger partial charge in [-0.2, -0.15) is 0 Å². The van der Waals surface area contributed by atoms with Crippen LogP contribution >= 0.6 is 33.1 Å². The molecule has 0 aromatic carbocycles. The molecule has 0 saturated heterocycles. The van der Waals surface area contributed by atoms with Crippen LogP contribution in [0, 0.1) is 0 Å². The van der Waals surface area contributed by atoms with Crippen LogP contribution < -0.4 is 0 Å². The molecule has 0 bridgehead atoms. The molecule has 0 fully saturated rings. The monoisotopic (exact) mass is 153 g/mol. The van der Waals surface area contributed by atoms with Gasteiger partial charge in [-0.3, -0.25) is 0 Å². The molecule has 3 nitrogen and oxygen atoms in total. The van der Waals surface area contributed by atoms with Crippen LogP contribution in [-0.4, -0.2) is 9.79 Å². The highest BCUT2D eigenvalue weighted by Crippen LogP contribution is 1.98. The SMILES string of the molecule is Cl.Cl.O=[P+](O)O. The van der Waals surface area contributed by atoms with E-state index in [1.165, 1.54) is 0 Å². The quantitative estimate of drug-likeness (QED) is 0.498. The van der Waals surface area contributed by atoms with Crippen LogP contribution in [0.1, 0.15) is 0 Å². The Morgan fingerprint density at radius 3 is 1.17 bits per heavy atom. The average molecular weight is 154 g/mol. The Morgan fingerprint density at radius 1 is 1.17 bits per heavy atom. The normalized spacial score (nSPS) is 4.33. The molecule has 0 atom stereocenters. The third-order valence-electron chi connectivity index (χ3n) is 0. The van der Waals surface area contributed by atoms with Gasteiger partial charge in [0.05, 0.1) is 0 Å². The first-order valence-corrected chi connectivity index (χ1v) is 1.75. The predicted octanol–water partition coefficient (Wildman–Crippen LogP) is 0.472.